The van der Waals surface area contributed by atoms with Crippen LogP contribution in [0.25, 0.3) is 10.9 Å². The summed E-state index contributed by atoms with van der Waals surface area (Å²) in [6, 6.07) is 10.0. The van der Waals surface area contributed by atoms with Crippen LogP contribution in [0.2, 0.25) is 0 Å². The Bertz CT molecular complexity index is 817. The Hall–Kier alpha value is -2.56. The maximum Gasteiger partial charge on any atom is 0.268 e. The van der Waals surface area contributed by atoms with Gasteiger partial charge < -0.3 is 14.3 Å². The van der Waals surface area contributed by atoms with Gasteiger partial charge in [0.25, 0.3) is 5.91 Å². The second kappa shape index (κ2) is 5.09. The number of benzene rings is 1. The molecule has 0 aliphatic carbocycles. The number of carbonyl (C=O) groups excluding carboxylic acids is 1. The molecule has 4 nitrogen and oxygen atoms in total. The molecular weight excluding hydrogens is 271 g/mol. The third kappa shape index (κ3) is 2.42. The Balaban J connectivity index is 1.84. The smallest absolute Gasteiger partial charge is 0.268 e. The van der Waals surface area contributed by atoms with E-state index in [4.69, 9.17) is 4.42 Å². The summed E-state index contributed by atoms with van der Waals surface area (Å²) in [6.45, 7) is 2.15. The molecule has 1 aromatic carbocycles. The van der Waals surface area contributed by atoms with Gasteiger partial charge in [0.15, 0.2) is 0 Å². The summed E-state index contributed by atoms with van der Waals surface area (Å²) < 4.78 is 20.8. The lowest BCUT2D eigenvalue weighted by Gasteiger charge is -2.05. The molecule has 2 aromatic heterocycles. The minimum Gasteiger partial charge on any atom is -0.465 e. The molecule has 0 saturated heterocycles. The van der Waals surface area contributed by atoms with Crippen LogP contribution in [0.1, 0.15) is 22.0 Å². The number of nitrogens with zero attached hydrogens (tertiary/aromatic N) is 1. The van der Waals surface area contributed by atoms with Crippen molar-refractivity contribution in [3.05, 3.63) is 59.4 Å². The Kier molecular flexibility index (Phi) is 3.25. The first-order valence-corrected chi connectivity index (χ1v) is 6.63. The number of amides is 1. The van der Waals surface area contributed by atoms with Crippen molar-refractivity contribution in [2.45, 2.75) is 13.5 Å². The van der Waals surface area contributed by atoms with Gasteiger partial charge in [0.1, 0.15) is 23.0 Å². The summed E-state index contributed by atoms with van der Waals surface area (Å²) in [6.07, 6.45) is 0. The predicted octanol–water partition coefficient (Wildman–Crippen LogP) is 3.15. The quantitative estimate of drug-likeness (QED) is 0.804. The average Bonchev–Trinajstić information content (AvgIpc) is 3.02. The fourth-order valence-electron chi connectivity index (χ4n) is 2.38. The van der Waals surface area contributed by atoms with Gasteiger partial charge in [0, 0.05) is 12.4 Å². The third-order valence-corrected chi connectivity index (χ3v) is 3.49. The number of nitrogens with one attached hydrogen (secondary N) is 1. The summed E-state index contributed by atoms with van der Waals surface area (Å²) in [5.41, 5.74) is 1.10. The van der Waals surface area contributed by atoms with E-state index >= 15 is 0 Å². The minimum absolute atomic E-state index is 0.262. The topological polar surface area (TPSA) is 47.2 Å². The minimum atomic E-state index is -0.330. The zero-order valence-electron chi connectivity index (χ0n) is 11.8. The standard InChI is InChI=1S/C16H15FN2O2/c1-10-6-7-11(21-10)9-18-16(20)15-8-12-13(17)4-3-5-14(12)19(15)2/h3-8H,9H2,1-2H3,(H,18,20). The fourth-order valence-corrected chi connectivity index (χ4v) is 2.38. The van der Waals surface area contributed by atoms with E-state index in [-0.39, 0.29) is 11.7 Å². The van der Waals surface area contributed by atoms with Crippen LogP contribution in [0.15, 0.2) is 40.8 Å². The van der Waals surface area contributed by atoms with Gasteiger partial charge in [0.2, 0.25) is 0 Å². The third-order valence-electron chi connectivity index (χ3n) is 3.49. The van der Waals surface area contributed by atoms with Crippen molar-refractivity contribution in [3.63, 3.8) is 0 Å². The van der Waals surface area contributed by atoms with Crippen LogP contribution in [-0.2, 0) is 13.6 Å². The van der Waals surface area contributed by atoms with Crippen LogP contribution in [0.4, 0.5) is 4.39 Å². The molecule has 0 unspecified atom stereocenters. The SMILES string of the molecule is Cc1ccc(CNC(=O)c2cc3c(F)cccc3n2C)o1. The number of carbonyl (C=O) groups is 1. The number of aromatic nitrogens is 1. The van der Waals surface area contributed by atoms with Gasteiger partial charge >= 0.3 is 0 Å². The lowest BCUT2D eigenvalue weighted by molar-refractivity contribution is 0.0940. The van der Waals surface area contributed by atoms with Crippen molar-refractivity contribution in [2.24, 2.45) is 7.05 Å². The second-order valence-corrected chi connectivity index (χ2v) is 4.96. The molecule has 3 rings (SSSR count). The van der Waals surface area contributed by atoms with Crippen molar-refractivity contribution >= 4 is 16.8 Å². The highest BCUT2D eigenvalue weighted by Crippen LogP contribution is 2.21. The summed E-state index contributed by atoms with van der Waals surface area (Å²) in [7, 11) is 1.74. The first-order valence-electron chi connectivity index (χ1n) is 6.63. The lowest BCUT2D eigenvalue weighted by atomic mass is 10.2. The van der Waals surface area contributed by atoms with Crippen molar-refractivity contribution in [1.29, 1.82) is 0 Å². The molecule has 0 atom stereocenters. The van der Waals surface area contributed by atoms with Crippen LogP contribution in [0.5, 0.6) is 0 Å². The maximum atomic E-state index is 13.7. The van der Waals surface area contributed by atoms with Crippen molar-refractivity contribution < 1.29 is 13.6 Å². The maximum absolute atomic E-state index is 13.7. The molecule has 0 aliphatic heterocycles. The fraction of sp³-hybridized carbons (Fsp3) is 0.188. The molecule has 5 heteroatoms. The number of hydrogen-bond acceptors (Lipinski definition) is 2. The van der Waals surface area contributed by atoms with E-state index < -0.39 is 0 Å². The van der Waals surface area contributed by atoms with Gasteiger partial charge in [-0.2, -0.15) is 0 Å². The molecule has 0 spiro atoms. The Labute approximate surface area is 121 Å². The molecule has 0 radical (unpaired) electrons. The van der Waals surface area contributed by atoms with E-state index in [0.29, 0.717) is 28.9 Å². The lowest BCUT2D eigenvalue weighted by Crippen LogP contribution is -2.24. The molecule has 108 valence electrons. The molecule has 3 aromatic rings. The van der Waals surface area contributed by atoms with Crippen molar-refractivity contribution in [1.82, 2.24) is 9.88 Å². The molecule has 0 aliphatic rings. The van der Waals surface area contributed by atoms with Gasteiger partial charge in [-0.05, 0) is 37.3 Å². The molecular formula is C16H15FN2O2. The molecule has 1 N–H and O–H groups in total. The highest BCUT2D eigenvalue weighted by molar-refractivity contribution is 5.98. The molecule has 2 heterocycles. The highest BCUT2D eigenvalue weighted by Gasteiger charge is 2.15. The highest BCUT2D eigenvalue weighted by atomic mass is 19.1. The van der Waals surface area contributed by atoms with Crippen molar-refractivity contribution in [3.8, 4) is 0 Å². The number of aryl methyl sites for hydroxylation is 2. The number of furan rings is 1. The number of rotatable bonds is 3. The van der Waals surface area contributed by atoms with Gasteiger partial charge in [-0.1, -0.05) is 6.07 Å². The van der Waals surface area contributed by atoms with Gasteiger partial charge in [-0.15, -0.1) is 0 Å². The van der Waals surface area contributed by atoms with Crippen LogP contribution < -0.4 is 5.32 Å². The van der Waals surface area contributed by atoms with Crippen molar-refractivity contribution in [2.75, 3.05) is 0 Å². The Morgan fingerprint density at radius 2 is 2.14 bits per heavy atom. The summed E-state index contributed by atoms with van der Waals surface area (Å²) in [5, 5.41) is 3.22. The largest absolute Gasteiger partial charge is 0.465 e. The zero-order valence-corrected chi connectivity index (χ0v) is 11.8. The number of halogens is 1. The van der Waals surface area contributed by atoms with E-state index in [1.807, 2.05) is 19.1 Å². The van der Waals surface area contributed by atoms with Crippen LogP contribution in [0, 0.1) is 12.7 Å². The van der Waals surface area contributed by atoms with Crippen LogP contribution >= 0.6 is 0 Å². The van der Waals surface area contributed by atoms with E-state index in [1.165, 1.54) is 6.07 Å². The molecule has 0 saturated carbocycles. The van der Waals surface area contributed by atoms with E-state index in [1.54, 1.807) is 29.8 Å². The number of hydrogen-bond donors (Lipinski definition) is 1. The summed E-state index contributed by atoms with van der Waals surface area (Å²) in [4.78, 5) is 12.2. The normalized spacial score (nSPS) is 11.0. The first-order chi connectivity index (χ1) is 10.1. The average molecular weight is 286 g/mol. The van der Waals surface area contributed by atoms with Crippen LogP contribution in [0.3, 0.4) is 0 Å². The predicted molar refractivity (Wildman–Crippen MR) is 77.5 cm³/mol. The molecule has 0 bridgehead atoms. The van der Waals surface area contributed by atoms with Crippen LogP contribution in [-0.4, -0.2) is 10.5 Å². The zero-order chi connectivity index (χ0) is 15.0. The van der Waals surface area contributed by atoms with Gasteiger partial charge in [-0.25, -0.2) is 4.39 Å². The summed E-state index contributed by atoms with van der Waals surface area (Å²) in [5.74, 6) is 0.891. The van der Waals surface area contributed by atoms with Gasteiger partial charge in [-0.3, -0.25) is 4.79 Å². The summed E-state index contributed by atoms with van der Waals surface area (Å²) >= 11 is 0. The molecule has 1 amide bonds. The number of fused-ring (bicyclic) bond motifs is 1. The monoisotopic (exact) mass is 286 g/mol. The van der Waals surface area contributed by atoms with E-state index in [0.717, 1.165) is 5.76 Å². The first kappa shape index (κ1) is 13.4. The second-order valence-electron chi connectivity index (χ2n) is 4.96. The molecule has 0 fully saturated rings. The van der Waals surface area contributed by atoms with E-state index in [2.05, 4.69) is 5.32 Å². The Morgan fingerprint density at radius 3 is 2.81 bits per heavy atom. The Morgan fingerprint density at radius 1 is 1.33 bits per heavy atom. The van der Waals surface area contributed by atoms with Gasteiger partial charge in [0.05, 0.1) is 12.1 Å². The van der Waals surface area contributed by atoms with E-state index in [9.17, 15) is 9.18 Å². The molecule has 21 heavy (non-hydrogen) atoms.